The summed E-state index contributed by atoms with van der Waals surface area (Å²) in [6, 6.07) is 6.93. The third-order valence-corrected chi connectivity index (χ3v) is 3.08. The van der Waals surface area contributed by atoms with Crippen LogP contribution in [0.25, 0.3) is 0 Å². The van der Waals surface area contributed by atoms with Crippen LogP contribution in [0, 0.1) is 0 Å². The maximum atomic E-state index is 12.5. The molecule has 2 N–H and O–H groups in total. The molecule has 1 rings (SSSR count). The Balaban J connectivity index is 2.83. The predicted octanol–water partition coefficient (Wildman–Crippen LogP) is 2.27. The highest BCUT2D eigenvalue weighted by Crippen LogP contribution is 2.13. The third kappa shape index (κ3) is 5.95. The number of aliphatic hydroxyl groups is 1. The molecular weight excluding hydrogens is 268 g/mol. The van der Waals surface area contributed by atoms with Crippen LogP contribution < -0.4 is 5.32 Å². The van der Waals surface area contributed by atoms with Gasteiger partial charge in [0.2, 0.25) is 5.91 Å². The summed E-state index contributed by atoms with van der Waals surface area (Å²) in [6.45, 7) is 4.80. The van der Waals surface area contributed by atoms with E-state index in [9.17, 15) is 9.59 Å². The topological polar surface area (TPSA) is 69.6 Å². The Morgan fingerprint density at radius 3 is 2.57 bits per heavy atom. The highest BCUT2D eigenvalue weighted by Gasteiger charge is 2.15. The van der Waals surface area contributed by atoms with Crippen LogP contribution in [0.2, 0.25) is 0 Å². The molecule has 0 aromatic heterocycles. The predicted molar refractivity (Wildman–Crippen MR) is 83.3 cm³/mol. The van der Waals surface area contributed by atoms with Gasteiger partial charge in [0, 0.05) is 37.9 Å². The van der Waals surface area contributed by atoms with Gasteiger partial charge in [-0.1, -0.05) is 19.4 Å². The molecule has 0 atom stereocenters. The monoisotopic (exact) mass is 292 g/mol. The quantitative estimate of drug-likeness (QED) is 0.772. The Morgan fingerprint density at radius 2 is 1.95 bits per heavy atom. The first kappa shape index (κ1) is 17.2. The van der Waals surface area contributed by atoms with Gasteiger partial charge < -0.3 is 15.3 Å². The molecule has 2 amide bonds. The van der Waals surface area contributed by atoms with E-state index in [-0.39, 0.29) is 18.4 Å². The van der Waals surface area contributed by atoms with Crippen molar-refractivity contribution in [3.05, 3.63) is 29.8 Å². The van der Waals surface area contributed by atoms with Gasteiger partial charge in [0.1, 0.15) is 0 Å². The number of unbranched alkanes of at least 4 members (excludes halogenated alkanes) is 1. The van der Waals surface area contributed by atoms with Gasteiger partial charge in [0.25, 0.3) is 5.91 Å². The normalized spacial score (nSPS) is 10.2. The second kappa shape index (κ2) is 9.13. The van der Waals surface area contributed by atoms with Gasteiger partial charge >= 0.3 is 0 Å². The van der Waals surface area contributed by atoms with Crippen molar-refractivity contribution in [1.82, 2.24) is 4.90 Å². The lowest BCUT2D eigenvalue weighted by molar-refractivity contribution is -0.114. The number of aliphatic hydroxyl groups excluding tert-OH is 1. The first-order chi connectivity index (χ1) is 10.1. The van der Waals surface area contributed by atoms with E-state index in [1.165, 1.54) is 6.92 Å². The SMILES string of the molecule is CCCCN(CCCO)C(=O)c1cccc(NC(C)=O)c1. The molecule has 0 aliphatic carbocycles. The maximum absolute atomic E-state index is 12.5. The zero-order valence-electron chi connectivity index (χ0n) is 12.8. The van der Waals surface area contributed by atoms with Crippen molar-refractivity contribution < 1.29 is 14.7 Å². The summed E-state index contributed by atoms with van der Waals surface area (Å²) < 4.78 is 0. The summed E-state index contributed by atoms with van der Waals surface area (Å²) in [5.41, 5.74) is 1.17. The van der Waals surface area contributed by atoms with Crippen LogP contribution >= 0.6 is 0 Å². The number of carbonyl (C=O) groups excluding carboxylic acids is 2. The number of hydrogen-bond donors (Lipinski definition) is 2. The summed E-state index contributed by atoms with van der Waals surface area (Å²) in [4.78, 5) is 25.4. The van der Waals surface area contributed by atoms with E-state index in [1.54, 1.807) is 29.2 Å². The largest absolute Gasteiger partial charge is 0.396 e. The molecule has 5 nitrogen and oxygen atoms in total. The van der Waals surface area contributed by atoms with Crippen molar-refractivity contribution in [3.8, 4) is 0 Å². The maximum Gasteiger partial charge on any atom is 0.253 e. The Kier molecular flexibility index (Phi) is 7.46. The molecule has 0 aliphatic heterocycles. The van der Waals surface area contributed by atoms with Crippen LogP contribution in [0.1, 0.15) is 43.5 Å². The van der Waals surface area contributed by atoms with Crippen LogP contribution in [0.15, 0.2) is 24.3 Å². The molecule has 0 saturated carbocycles. The number of benzene rings is 1. The molecule has 0 aliphatic rings. The first-order valence-corrected chi connectivity index (χ1v) is 7.36. The van der Waals surface area contributed by atoms with Gasteiger partial charge in [-0.05, 0) is 31.0 Å². The summed E-state index contributed by atoms with van der Waals surface area (Å²) in [7, 11) is 0. The van der Waals surface area contributed by atoms with Crippen molar-refractivity contribution >= 4 is 17.5 Å². The smallest absolute Gasteiger partial charge is 0.253 e. The Labute approximate surface area is 126 Å². The molecule has 0 spiro atoms. The molecular formula is C16H24N2O3. The highest BCUT2D eigenvalue weighted by atomic mass is 16.3. The first-order valence-electron chi connectivity index (χ1n) is 7.36. The van der Waals surface area contributed by atoms with Crippen molar-refractivity contribution in [2.24, 2.45) is 0 Å². The number of carbonyl (C=O) groups is 2. The fourth-order valence-corrected chi connectivity index (χ4v) is 2.04. The van der Waals surface area contributed by atoms with Gasteiger partial charge in [0.15, 0.2) is 0 Å². The molecule has 0 heterocycles. The lowest BCUT2D eigenvalue weighted by Gasteiger charge is -2.22. The highest BCUT2D eigenvalue weighted by molar-refractivity contribution is 5.96. The Bertz CT molecular complexity index is 466. The zero-order chi connectivity index (χ0) is 15.7. The van der Waals surface area contributed by atoms with Crippen LogP contribution in [-0.2, 0) is 4.79 Å². The van der Waals surface area contributed by atoms with E-state index in [0.717, 1.165) is 12.8 Å². The second-order valence-electron chi connectivity index (χ2n) is 4.98. The van der Waals surface area contributed by atoms with E-state index in [2.05, 4.69) is 12.2 Å². The minimum atomic E-state index is -0.164. The molecule has 0 saturated heterocycles. The third-order valence-electron chi connectivity index (χ3n) is 3.08. The number of nitrogens with one attached hydrogen (secondary N) is 1. The lowest BCUT2D eigenvalue weighted by Crippen LogP contribution is -2.33. The van der Waals surface area contributed by atoms with Gasteiger partial charge in [-0.2, -0.15) is 0 Å². The molecule has 0 fully saturated rings. The van der Waals surface area contributed by atoms with Gasteiger partial charge in [-0.3, -0.25) is 9.59 Å². The lowest BCUT2D eigenvalue weighted by atomic mass is 10.1. The number of nitrogens with zero attached hydrogens (tertiary/aromatic N) is 1. The molecule has 0 unspecified atom stereocenters. The number of amides is 2. The molecule has 1 aromatic rings. The standard InChI is InChI=1S/C16H24N2O3/c1-3-4-9-18(10-6-11-19)16(21)14-7-5-8-15(12-14)17-13(2)20/h5,7-8,12,19H,3-4,6,9-11H2,1-2H3,(H,17,20). The van der Waals surface area contributed by atoms with E-state index in [4.69, 9.17) is 5.11 Å². The zero-order valence-corrected chi connectivity index (χ0v) is 12.8. The fraction of sp³-hybridized carbons (Fsp3) is 0.500. The van der Waals surface area contributed by atoms with Crippen LogP contribution in [0.3, 0.4) is 0 Å². The summed E-state index contributed by atoms with van der Waals surface area (Å²) in [5, 5.41) is 11.6. The molecule has 0 radical (unpaired) electrons. The number of anilines is 1. The van der Waals surface area contributed by atoms with E-state index >= 15 is 0 Å². The summed E-state index contributed by atoms with van der Waals surface area (Å²) >= 11 is 0. The van der Waals surface area contributed by atoms with Crippen LogP contribution in [0.5, 0.6) is 0 Å². The van der Waals surface area contributed by atoms with E-state index < -0.39 is 0 Å². The average Bonchev–Trinajstić information content (AvgIpc) is 2.46. The second-order valence-corrected chi connectivity index (χ2v) is 4.98. The van der Waals surface area contributed by atoms with Crippen molar-refractivity contribution in [2.75, 3.05) is 25.0 Å². The van der Waals surface area contributed by atoms with Gasteiger partial charge in [-0.25, -0.2) is 0 Å². The van der Waals surface area contributed by atoms with Gasteiger partial charge in [0.05, 0.1) is 0 Å². The molecule has 116 valence electrons. The summed E-state index contributed by atoms with van der Waals surface area (Å²) in [5.74, 6) is -0.230. The Morgan fingerprint density at radius 1 is 1.24 bits per heavy atom. The minimum Gasteiger partial charge on any atom is -0.396 e. The van der Waals surface area contributed by atoms with Crippen molar-refractivity contribution in [1.29, 1.82) is 0 Å². The Hall–Kier alpha value is -1.88. The fourth-order valence-electron chi connectivity index (χ4n) is 2.04. The van der Waals surface area contributed by atoms with Crippen LogP contribution in [-0.4, -0.2) is 41.5 Å². The van der Waals surface area contributed by atoms with Gasteiger partial charge in [-0.15, -0.1) is 0 Å². The molecule has 0 bridgehead atoms. The molecule has 1 aromatic carbocycles. The van der Waals surface area contributed by atoms with E-state index in [0.29, 0.717) is 30.8 Å². The number of hydrogen-bond acceptors (Lipinski definition) is 3. The number of rotatable bonds is 8. The average molecular weight is 292 g/mol. The minimum absolute atomic E-state index is 0.0656. The summed E-state index contributed by atoms with van der Waals surface area (Å²) in [6.07, 6.45) is 2.51. The van der Waals surface area contributed by atoms with Crippen molar-refractivity contribution in [2.45, 2.75) is 33.1 Å². The van der Waals surface area contributed by atoms with Crippen molar-refractivity contribution in [3.63, 3.8) is 0 Å². The molecule has 5 heteroatoms. The van der Waals surface area contributed by atoms with E-state index in [1.807, 2.05) is 0 Å². The molecule has 21 heavy (non-hydrogen) atoms. The van der Waals surface area contributed by atoms with Crippen LogP contribution in [0.4, 0.5) is 5.69 Å².